The molecule has 108 valence electrons. The van der Waals surface area contributed by atoms with Crippen LogP contribution in [0.3, 0.4) is 0 Å². The lowest BCUT2D eigenvalue weighted by molar-refractivity contribution is -0.126. The largest absolute Gasteiger partial charge is 0.353 e. The Hall–Kier alpha value is -0.880. The molecule has 0 aromatic carbocycles. The fourth-order valence-electron chi connectivity index (χ4n) is 2.68. The number of allylic oxidation sites excluding steroid dienone is 2. The van der Waals surface area contributed by atoms with Gasteiger partial charge in [0, 0.05) is 25.0 Å². The van der Waals surface area contributed by atoms with Crippen molar-refractivity contribution < 1.29 is 13.2 Å². The van der Waals surface area contributed by atoms with Gasteiger partial charge in [-0.1, -0.05) is 12.2 Å². The Labute approximate surface area is 115 Å². The molecule has 0 unspecified atom stereocenters. The van der Waals surface area contributed by atoms with Gasteiger partial charge in [0.2, 0.25) is 15.9 Å². The van der Waals surface area contributed by atoms with Gasteiger partial charge in [0.25, 0.3) is 0 Å². The van der Waals surface area contributed by atoms with E-state index in [-0.39, 0.29) is 17.9 Å². The predicted molar refractivity (Wildman–Crippen MR) is 74.1 cm³/mol. The van der Waals surface area contributed by atoms with Crippen LogP contribution in [0, 0.1) is 5.92 Å². The van der Waals surface area contributed by atoms with E-state index in [4.69, 9.17) is 0 Å². The Kier molecular flexibility index (Phi) is 4.62. The highest BCUT2D eigenvalue weighted by molar-refractivity contribution is 7.88. The molecule has 1 heterocycles. The molecule has 1 saturated heterocycles. The molecule has 2 aliphatic rings. The fraction of sp³-hybridized carbons (Fsp3) is 0.769. The highest BCUT2D eigenvalue weighted by atomic mass is 32.2. The van der Waals surface area contributed by atoms with Gasteiger partial charge in [0.1, 0.15) is 0 Å². The van der Waals surface area contributed by atoms with Crippen LogP contribution in [0.4, 0.5) is 0 Å². The van der Waals surface area contributed by atoms with E-state index in [0.717, 1.165) is 19.3 Å². The molecule has 0 spiro atoms. The summed E-state index contributed by atoms with van der Waals surface area (Å²) < 4.78 is 24.3. The lowest BCUT2D eigenvalue weighted by Crippen LogP contribution is -2.47. The van der Waals surface area contributed by atoms with Crippen LogP contribution in [0.1, 0.15) is 32.1 Å². The van der Waals surface area contributed by atoms with Crippen LogP contribution in [0.2, 0.25) is 0 Å². The zero-order chi connectivity index (χ0) is 13.9. The minimum Gasteiger partial charge on any atom is -0.353 e. The smallest absolute Gasteiger partial charge is 0.223 e. The van der Waals surface area contributed by atoms with Gasteiger partial charge in [0.05, 0.1) is 6.26 Å². The number of nitrogens with one attached hydrogen (secondary N) is 1. The molecule has 0 radical (unpaired) electrons. The van der Waals surface area contributed by atoms with Crippen LogP contribution in [0.5, 0.6) is 0 Å². The van der Waals surface area contributed by atoms with Crippen molar-refractivity contribution in [1.82, 2.24) is 9.62 Å². The van der Waals surface area contributed by atoms with Crippen LogP contribution in [0.25, 0.3) is 0 Å². The normalized spacial score (nSPS) is 26.3. The van der Waals surface area contributed by atoms with Crippen molar-refractivity contribution >= 4 is 15.9 Å². The lowest BCUT2D eigenvalue weighted by Gasteiger charge is -2.31. The lowest BCUT2D eigenvalue weighted by atomic mass is 9.93. The summed E-state index contributed by atoms with van der Waals surface area (Å²) in [7, 11) is -3.09. The van der Waals surface area contributed by atoms with Crippen molar-refractivity contribution in [3.05, 3.63) is 12.2 Å². The summed E-state index contributed by atoms with van der Waals surface area (Å²) in [5.74, 6) is 0.222. The summed E-state index contributed by atoms with van der Waals surface area (Å²) in [5, 5.41) is 3.07. The Morgan fingerprint density at radius 3 is 2.42 bits per heavy atom. The molecule has 1 N–H and O–H groups in total. The quantitative estimate of drug-likeness (QED) is 0.783. The van der Waals surface area contributed by atoms with Crippen molar-refractivity contribution in [2.45, 2.75) is 38.1 Å². The molecule has 0 aromatic rings. The molecule has 2 rings (SSSR count). The van der Waals surface area contributed by atoms with E-state index in [2.05, 4.69) is 17.5 Å². The third-order valence-corrected chi connectivity index (χ3v) is 5.21. The number of sulfonamides is 1. The summed E-state index contributed by atoms with van der Waals surface area (Å²) in [4.78, 5) is 12.1. The minimum absolute atomic E-state index is 0.0953. The monoisotopic (exact) mass is 286 g/mol. The van der Waals surface area contributed by atoms with Crippen molar-refractivity contribution in [3.63, 3.8) is 0 Å². The van der Waals surface area contributed by atoms with Gasteiger partial charge >= 0.3 is 0 Å². The average Bonchev–Trinajstić information content (AvgIpc) is 2.39. The van der Waals surface area contributed by atoms with Crippen molar-refractivity contribution in [3.8, 4) is 0 Å². The zero-order valence-electron chi connectivity index (χ0n) is 11.3. The first-order valence-corrected chi connectivity index (χ1v) is 8.72. The van der Waals surface area contributed by atoms with Crippen LogP contribution in [0.15, 0.2) is 12.2 Å². The molecule has 0 saturated carbocycles. The van der Waals surface area contributed by atoms with E-state index >= 15 is 0 Å². The molecule has 19 heavy (non-hydrogen) atoms. The first kappa shape index (κ1) is 14.5. The summed E-state index contributed by atoms with van der Waals surface area (Å²) in [6, 6.07) is 0.122. The molecule has 1 aliphatic heterocycles. The summed E-state index contributed by atoms with van der Waals surface area (Å²) in [5.41, 5.74) is 0. The van der Waals surface area contributed by atoms with Gasteiger partial charge < -0.3 is 5.32 Å². The first-order chi connectivity index (χ1) is 8.97. The number of nitrogens with zero attached hydrogens (tertiary/aromatic N) is 1. The maximum atomic E-state index is 12.1. The number of hydrogen-bond acceptors (Lipinski definition) is 3. The third kappa shape index (κ3) is 4.04. The number of hydrogen-bond donors (Lipinski definition) is 1. The standard InChI is InChI=1S/C13H22N2O3S/c1-19(17,18)15-9-7-12(8-10-15)14-13(16)11-5-3-2-4-6-11/h2-3,11-12H,4-10H2,1H3,(H,14,16)/t11-/m0/s1. The minimum atomic E-state index is -3.09. The van der Waals surface area contributed by atoms with Crippen LogP contribution in [-0.4, -0.2) is 44.0 Å². The second kappa shape index (κ2) is 6.05. The fourth-order valence-corrected chi connectivity index (χ4v) is 3.56. The van der Waals surface area contributed by atoms with Crippen LogP contribution >= 0.6 is 0 Å². The Balaban J connectivity index is 1.79. The van der Waals surface area contributed by atoms with Crippen molar-refractivity contribution in [1.29, 1.82) is 0 Å². The molecule has 1 amide bonds. The van der Waals surface area contributed by atoms with E-state index in [9.17, 15) is 13.2 Å². The highest BCUT2D eigenvalue weighted by Gasteiger charge is 2.27. The number of carbonyl (C=O) groups excluding carboxylic acids is 1. The summed E-state index contributed by atoms with van der Waals surface area (Å²) in [6.45, 7) is 1.02. The molecular weight excluding hydrogens is 264 g/mol. The van der Waals surface area contributed by atoms with E-state index < -0.39 is 10.0 Å². The van der Waals surface area contributed by atoms with Crippen molar-refractivity contribution in [2.24, 2.45) is 5.92 Å². The topological polar surface area (TPSA) is 66.5 Å². The van der Waals surface area contributed by atoms with Gasteiger partial charge in [-0.05, 0) is 32.1 Å². The van der Waals surface area contributed by atoms with Crippen molar-refractivity contribution in [2.75, 3.05) is 19.3 Å². The molecule has 1 atom stereocenters. The van der Waals surface area contributed by atoms with E-state index in [0.29, 0.717) is 25.9 Å². The first-order valence-electron chi connectivity index (χ1n) is 6.87. The second-order valence-corrected chi connectivity index (χ2v) is 7.41. The van der Waals surface area contributed by atoms with Gasteiger partial charge in [-0.3, -0.25) is 4.79 Å². The van der Waals surface area contributed by atoms with Gasteiger partial charge in [-0.25, -0.2) is 12.7 Å². The molecular formula is C13H22N2O3S. The highest BCUT2D eigenvalue weighted by Crippen LogP contribution is 2.19. The average molecular weight is 286 g/mol. The summed E-state index contributed by atoms with van der Waals surface area (Å²) in [6.07, 6.45) is 9.57. The molecule has 0 aromatic heterocycles. The summed E-state index contributed by atoms with van der Waals surface area (Å²) >= 11 is 0. The Bertz CT molecular complexity index is 451. The molecule has 5 nitrogen and oxygen atoms in total. The Morgan fingerprint density at radius 1 is 1.21 bits per heavy atom. The SMILES string of the molecule is CS(=O)(=O)N1CCC(NC(=O)[C@H]2CC=CCC2)CC1. The third-order valence-electron chi connectivity index (χ3n) is 3.91. The number of piperidine rings is 1. The Morgan fingerprint density at radius 2 is 1.89 bits per heavy atom. The molecule has 6 heteroatoms. The van der Waals surface area contributed by atoms with Gasteiger partial charge in [-0.15, -0.1) is 0 Å². The second-order valence-electron chi connectivity index (χ2n) is 5.43. The van der Waals surface area contributed by atoms with E-state index in [1.54, 1.807) is 0 Å². The zero-order valence-corrected chi connectivity index (χ0v) is 12.2. The number of amides is 1. The van der Waals surface area contributed by atoms with Gasteiger partial charge in [0.15, 0.2) is 0 Å². The maximum Gasteiger partial charge on any atom is 0.223 e. The van der Waals surface area contributed by atoms with E-state index in [1.165, 1.54) is 10.6 Å². The predicted octanol–water partition coefficient (Wildman–Crippen LogP) is 0.883. The molecule has 1 aliphatic carbocycles. The number of carbonyl (C=O) groups is 1. The van der Waals surface area contributed by atoms with Crippen LogP contribution < -0.4 is 5.32 Å². The maximum absolute atomic E-state index is 12.1. The van der Waals surface area contributed by atoms with Crippen LogP contribution in [-0.2, 0) is 14.8 Å². The molecule has 1 fully saturated rings. The number of rotatable bonds is 3. The van der Waals surface area contributed by atoms with E-state index in [1.807, 2.05) is 0 Å². The van der Waals surface area contributed by atoms with Gasteiger partial charge in [-0.2, -0.15) is 0 Å². The molecule has 0 bridgehead atoms.